The van der Waals surface area contributed by atoms with Gasteiger partial charge >= 0.3 is 0 Å². The molecule has 0 bridgehead atoms. The van der Waals surface area contributed by atoms with Crippen molar-refractivity contribution in [3.8, 4) is 0 Å². The molecule has 0 radical (unpaired) electrons. The first-order valence-corrected chi connectivity index (χ1v) is 4.97. The van der Waals surface area contributed by atoms with Crippen molar-refractivity contribution in [2.45, 2.75) is 6.54 Å². The van der Waals surface area contributed by atoms with Gasteiger partial charge < -0.3 is 9.67 Å². The van der Waals surface area contributed by atoms with E-state index in [-0.39, 0.29) is 6.61 Å². The van der Waals surface area contributed by atoms with Crippen LogP contribution in [0.25, 0.3) is 0 Å². The lowest BCUT2D eigenvalue weighted by Crippen LogP contribution is -2.22. The fourth-order valence-corrected chi connectivity index (χ4v) is 1.64. The highest BCUT2D eigenvalue weighted by atomic mass is 35.5. The summed E-state index contributed by atoms with van der Waals surface area (Å²) in [5.41, 5.74) is 0.854. The van der Waals surface area contributed by atoms with E-state index in [0.29, 0.717) is 23.5 Å². The van der Waals surface area contributed by atoms with Crippen LogP contribution in [0.1, 0.15) is 5.69 Å². The average Bonchev–Trinajstić information content (AvgIpc) is 2.33. The number of aliphatic hydroxyl groups excluding tert-OH is 1. The molecular formula is C8H13Cl2N3O. The van der Waals surface area contributed by atoms with E-state index in [1.165, 1.54) is 0 Å². The number of hydrogen-bond acceptors (Lipinski definition) is 3. The molecule has 0 aromatic carbocycles. The van der Waals surface area contributed by atoms with Gasteiger partial charge in [-0.2, -0.15) is 0 Å². The number of imidazole rings is 1. The zero-order valence-electron chi connectivity index (χ0n) is 8.17. The van der Waals surface area contributed by atoms with Gasteiger partial charge in [-0.3, -0.25) is 4.90 Å². The number of aliphatic hydroxyl groups is 1. The van der Waals surface area contributed by atoms with Crippen LogP contribution in [-0.4, -0.2) is 39.8 Å². The maximum absolute atomic E-state index is 8.74. The third-order valence-corrected chi connectivity index (χ3v) is 2.65. The van der Waals surface area contributed by atoms with Crippen molar-refractivity contribution in [3.05, 3.63) is 16.1 Å². The van der Waals surface area contributed by atoms with Gasteiger partial charge in [0.1, 0.15) is 0 Å². The maximum atomic E-state index is 8.74. The zero-order chi connectivity index (χ0) is 10.7. The number of hydrogen-bond donors (Lipinski definition) is 1. The summed E-state index contributed by atoms with van der Waals surface area (Å²) in [6, 6.07) is 0. The SMILES string of the molecule is CN(CCO)Cc1c(Cl)nc(Cl)n1C. The van der Waals surface area contributed by atoms with Crippen molar-refractivity contribution in [1.29, 1.82) is 0 Å². The third kappa shape index (κ3) is 2.60. The van der Waals surface area contributed by atoms with E-state index in [2.05, 4.69) is 4.98 Å². The quantitative estimate of drug-likeness (QED) is 0.855. The third-order valence-electron chi connectivity index (χ3n) is 2.01. The molecule has 0 saturated heterocycles. The summed E-state index contributed by atoms with van der Waals surface area (Å²) >= 11 is 11.7. The summed E-state index contributed by atoms with van der Waals surface area (Å²) in [4.78, 5) is 5.87. The van der Waals surface area contributed by atoms with Crippen LogP contribution in [0.3, 0.4) is 0 Å². The summed E-state index contributed by atoms with van der Waals surface area (Å²) in [7, 11) is 3.71. The molecule has 1 rings (SSSR count). The molecule has 0 saturated carbocycles. The smallest absolute Gasteiger partial charge is 0.204 e. The van der Waals surface area contributed by atoms with Crippen LogP contribution < -0.4 is 0 Å². The van der Waals surface area contributed by atoms with Crippen molar-refractivity contribution in [1.82, 2.24) is 14.5 Å². The molecule has 4 nitrogen and oxygen atoms in total. The Bertz CT molecular complexity index is 314. The second-order valence-electron chi connectivity index (χ2n) is 3.14. The normalized spacial score (nSPS) is 11.3. The number of halogens is 2. The fourth-order valence-electron chi connectivity index (χ4n) is 1.15. The molecule has 0 aliphatic heterocycles. The topological polar surface area (TPSA) is 41.3 Å². The van der Waals surface area contributed by atoms with Crippen molar-refractivity contribution < 1.29 is 5.11 Å². The minimum atomic E-state index is 0.125. The van der Waals surface area contributed by atoms with Crippen molar-refractivity contribution in [2.24, 2.45) is 7.05 Å². The standard InChI is InChI=1S/C8H13Cl2N3O/c1-12(3-4-14)5-6-7(9)11-8(10)13(6)2/h14H,3-5H2,1-2H3. The van der Waals surface area contributed by atoms with E-state index in [0.717, 1.165) is 5.69 Å². The molecule has 0 unspecified atom stereocenters. The van der Waals surface area contributed by atoms with E-state index in [1.54, 1.807) is 4.57 Å². The molecular weight excluding hydrogens is 225 g/mol. The largest absolute Gasteiger partial charge is 0.395 e. The second kappa shape index (κ2) is 4.98. The van der Waals surface area contributed by atoms with E-state index >= 15 is 0 Å². The summed E-state index contributed by atoms with van der Waals surface area (Å²) in [5, 5.41) is 9.53. The summed E-state index contributed by atoms with van der Waals surface area (Å²) in [5.74, 6) is 0. The van der Waals surface area contributed by atoms with Crippen LogP contribution in [0, 0.1) is 0 Å². The summed E-state index contributed by atoms with van der Waals surface area (Å²) in [6.07, 6.45) is 0. The lowest BCUT2D eigenvalue weighted by molar-refractivity contribution is 0.215. The molecule has 1 heterocycles. The van der Waals surface area contributed by atoms with Gasteiger partial charge in [0.15, 0.2) is 5.15 Å². The van der Waals surface area contributed by atoms with Gasteiger partial charge in [-0.05, 0) is 18.6 Å². The first-order chi connectivity index (χ1) is 6.56. The van der Waals surface area contributed by atoms with E-state index in [1.807, 2.05) is 19.0 Å². The molecule has 14 heavy (non-hydrogen) atoms. The van der Waals surface area contributed by atoms with Gasteiger partial charge in [0.2, 0.25) is 5.28 Å². The first-order valence-electron chi connectivity index (χ1n) is 4.22. The van der Waals surface area contributed by atoms with Crippen LogP contribution in [0.15, 0.2) is 0 Å². The molecule has 6 heteroatoms. The van der Waals surface area contributed by atoms with Gasteiger partial charge in [0.25, 0.3) is 0 Å². The Morgan fingerprint density at radius 1 is 1.50 bits per heavy atom. The Kier molecular flexibility index (Phi) is 4.19. The van der Waals surface area contributed by atoms with Crippen molar-refractivity contribution in [2.75, 3.05) is 20.2 Å². The number of nitrogens with zero attached hydrogens (tertiary/aromatic N) is 3. The molecule has 1 N–H and O–H groups in total. The van der Waals surface area contributed by atoms with Gasteiger partial charge in [-0.15, -0.1) is 0 Å². The van der Waals surface area contributed by atoms with Crippen molar-refractivity contribution in [3.63, 3.8) is 0 Å². The first kappa shape index (κ1) is 11.8. The van der Waals surface area contributed by atoms with Crippen LogP contribution in [-0.2, 0) is 13.6 Å². The van der Waals surface area contributed by atoms with Crippen LogP contribution in [0.4, 0.5) is 0 Å². The predicted molar refractivity (Wildman–Crippen MR) is 56.6 cm³/mol. The van der Waals surface area contributed by atoms with Crippen LogP contribution in [0.2, 0.25) is 10.4 Å². The van der Waals surface area contributed by atoms with E-state index in [9.17, 15) is 0 Å². The Hall–Kier alpha value is -0.290. The van der Waals surface area contributed by atoms with Crippen LogP contribution in [0.5, 0.6) is 0 Å². The number of likely N-dealkylation sites (N-methyl/N-ethyl adjacent to an activating group) is 1. The van der Waals surface area contributed by atoms with Gasteiger partial charge in [0.05, 0.1) is 12.3 Å². The highest BCUT2D eigenvalue weighted by molar-refractivity contribution is 6.32. The summed E-state index contributed by atoms with van der Waals surface area (Å²) in [6.45, 7) is 1.34. The Balaban J connectivity index is 2.75. The zero-order valence-corrected chi connectivity index (χ0v) is 9.68. The van der Waals surface area contributed by atoms with Gasteiger partial charge in [0, 0.05) is 20.1 Å². The summed E-state index contributed by atoms with van der Waals surface area (Å²) < 4.78 is 1.73. The molecule has 0 aliphatic carbocycles. The number of aromatic nitrogens is 2. The Morgan fingerprint density at radius 2 is 2.14 bits per heavy atom. The highest BCUT2D eigenvalue weighted by Gasteiger charge is 2.12. The Morgan fingerprint density at radius 3 is 2.57 bits per heavy atom. The monoisotopic (exact) mass is 237 g/mol. The minimum Gasteiger partial charge on any atom is -0.395 e. The highest BCUT2D eigenvalue weighted by Crippen LogP contribution is 2.20. The molecule has 0 amide bonds. The number of rotatable bonds is 4. The lowest BCUT2D eigenvalue weighted by atomic mass is 10.4. The maximum Gasteiger partial charge on any atom is 0.204 e. The van der Waals surface area contributed by atoms with Crippen molar-refractivity contribution >= 4 is 23.2 Å². The predicted octanol–water partition coefficient (Wildman–Crippen LogP) is 1.15. The molecule has 0 spiro atoms. The fraction of sp³-hybridized carbons (Fsp3) is 0.625. The molecule has 1 aromatic heterocycles. The Labute approximate surface area is 93.1 Å². The minimum absolute atomic E-state index is 0.125. The molecule has 0 atom stereocenters. The molecule has 0 aliphatic rings. The molecule has 80 valence electrons. The van der Waals surface area contributed by atoms with Gasteiger partial charge in [-0.1, -0.05) is 11.6 Å². The second-order valence-corrected chi connectivity index (χ2v) is 3.83. The average molecular weight is 238 g/mol. The van der Waals surface area contributed by atoms with Gasteiger partial charge in [-0.25, -0.2) is 4.98 Å². The lowest BCUT2D eigenvalue weighted by Gasteiger charge is -2.15. The van der Waals surface area contributed by atoms with E-state index in [4.69, 9.17) is 28.3 Å². The van der Waals surface area contributed by atoms with E-state index < -0.39 is 0 Å². The molecule has 1 aromatic rings. The van der Waals surface area contributed by atoms with Crippen LogP contribution >= 0.6 is 23.2 Å². The molecule has 0 fully saturated rings.